The van der Waals surface area contributed by atoms with Gasteiger partial charge in [-0.1, -0.05) is 26.7 Å². The molecule has 2 nitrogen and oxygen atoms in total. The Morgan fingerprint density at radius 2 is 1.00 bits per heavy atom. The van der Waals surface area contributed by atoms with Crippen LogP contribution in [-0.2, 0) is 0 Å². The second-order valence-electron chi connectivity index (χ2n) is 5.20. The molecule has 0 bridgehead atoms. The van der Waals surface area contributed by atoms with Crippen molar-refractivity contribution in [3.8, 4) is 0 Å². The van der Waals surface area contributed by atoms with Gasteiger partial charge in [-0.25, -0.2) is 0 Å². The summed E-state index contributed by atoms with van der Waals surface area (Å²) in [6.07, 6.45) is 8.59. The maximum atomic E-state index is 4.29. The molecular formula is C10H24I3N2P2-. The fourth-order valence-corrected chi connectivity index (χ4v) is 4.29. The summed E-state index contributed by atoms with van der Waals surface area (Å²) < 4.78 is 5.14. The van der Waals surface area contributed by atoms with Gasteiger partial charge >= 0.3 is 50.5 Å². The van der Waals surface area contributed by atoms with Gasteiger partial charge in [0.1, 0.15) is 0 Å². The number of hydrogen-bond donors (Lipinski definition) is 0. The first-order valence-corrected chi connectivity index (χ1v) is 23.6. The number of rotatable bonds is 2. The summed E-state index contributed by atoms with van der Waals surface area (Å²) in [6.45, 7) is 13.9. The van der Waals surface area contributed by atoms with Gasteiger partial charge in [-0.15, -0.1) is 0 Å². The van der Waals surface area contributed by atoms with E-state index in [2.05, 4.69) is 85.8 Å². The average molecular weight is 615 g/mol. The Morgan fingerprint density at radius 3 is 1.12 bits per heavy atom. The zero-order valence-electron chi connectivity index (χ0n) is 11.2. The van der Waals surface area contributed by atoms with Crippen molar-refractivity contribution in [3.63, 3.8) is 0 Å². The molecule has 0 spiro atoms. The fourth-order valence-electron chi connectivity index (χ4n) is 1.77. The molecule has 17 heavy (non-hydrogen) atoms. The second-order valence-corrected chi connectivity index (χ2v) is 29.1. The van der Waals surface area contributed by atoms with Crippen LogP contribution in [0.4, 0.5) is 0 Å². The average Bonchev–Trinajstić information content (AvgIpc) is 2.16. The summed E-state index contributed by atoms with van der Waals surface area (Å²) in [6, 6.07) is 0. The molecule has 1 rings (SSSR count). The molecule has 1 heterocycles. The first kappa shape index (κ1) is 19.7. The van der Waals surface area contributed by atoms with E-state index in [4.69, 9.17) is 0 Å². The molecule has 0 saturated carbocycles. The number of piperazine rings is 1. The molecule has 1 saturated heterocycles. The first-order valence-electron chi connectivity index (χ1n) is 5.37. The molecular weight excluding hydrogens is 591 g/mol. The van der Waals surface area contributed by atoms with Crippen molar-refractivity contribution in [2.24, 2.45) is 0 Å². The van der Waals surface area contributed by atoms with E-state index in [1.165, 1.54) is 26.2 Å². The Bertz CT molecular complexity index is 273. The van der Waals surface area contributed by atoms with Gasteiger partial charge < -0.3 is 0 Å². The third kappa shape index (κ3) is 8.56. The predicted molar refractivity (Wildman–Crippen MR) is 103 cm³/mol. The van der Waals surface area contributed by atoms with Crippen molar-refractivity contribution in [3.05, 3.63) is 0 Å². The topological polar surface area (TPSA) is 6.48 Å². The van der Waals surface area contributed by atoms with Crippen LogP contribution in [0.2, 0.25) is 0 Å². The van der Waals surface area contributed by atoms with Crippen LogP contribution >= 0.6 is 51.3 Å². The van der Waals surface area contributed by atoms with Gasteiger partial charge in [0.15, 0.2) is 0 Å². The minimum absolute atomic E-state index is 0.530. The van der Waals surface area contributed by atoms with E-state index in [0.717, 1.165) is 0 Å². The summed E-state index contributed by atoms with van der Waals surface area (Å²) in [4.78, 5) is 0. The van der Waals surface area contributed by atoms with E-state index in [1.54, 1.807) is 0 Å². The van der Waals surface area contributed by atoms with E-state index >= 15 is 0 Å². The van der Waals surface area contributed by atoms with Gasteiger partial charge in [-0.05, 0) is 26.7 Å². The van der Waals surface area contributed by atoms with Crippen molar-refractivity contribution in [1.29, 1.82) is 0 Å². The Hall–Kier alpha value is 2.71. The van der Waals surface area contributed by atoms with Crippen LogP contribution in [-0.4, -0.2) is 74.8 Å². The number of halogens is 3. The molecule has 7 heteroatoms. The van der Waals surface area contributed by atoms with Crippen LogP contribution in [0.1, 0.15) is 0 Å². The van der Waals surface area contributed by atoms with Crippen LogP contribution in [0, 0.1) is 0 Å². The molecule has 0 radical (unpaired) electrons. The molecule has 0 atom stereocenters. The molecule has 0 unspecified atom stereocenters. The van der Waals surface area contributed by atoms with E-state index in [0.29, 0.717) is 13.3 Å². The zero-order valence-corrected chi connectivity index (χ0v) is 19.4. The van der Waals surface area contributed by atoms with E-state index in [-0.39, 0.29) is 0 Å². The van der Waals surface area contributed by atoms with Gasteiger partial charge in [-0.2, -0.15) is 0 Å². The van der Waals surface area contributed by atoms with E-state index < -0.39 is 14.1 Å². The number of hydrogen-bond acceptors (Lipinski definition) is 2. The molecule has 0 N–H and O–H groups in total. The molecule has 0 aromatic rings. The van der Waals surface area contributed by atoms with Crippen LogP contribution in [0.15, 0.2) is 0 Å². The standard InChI is InChI=1S/C10H24N2P2.I3/c1-13(2,3)11-7-9-12(10-8-11)14(4,5)6;1-3-2/h1,4,7-10H2,2-3,5-6H3;/q;-1. The SMILES string of the molecule is C=P(C)(C)N1CCN(P(=C)(C)C)CC1.I[I-]I. The van der Waals surface area contributed by atoms with Gasteiger partial charge in [0.05, 0.1) is 0 Å². The van der Waals surface area contributed by atoms with Crippen molar-refractivity contribution >= 4 is 63.9 Å². The van der Waals surface area contributed by atoms with Crippen molar-refractivity contribution < 1.29 is 13.3 Å². The molecule has 0 amide bonds. The van der Waals surface area contributed by atoms with Gasteiger partial charge in [0, 0.05) is 26.2 Å². The summed E-state index contributed by atoms with van der Waals surface area (Å²) in [5.41, 5.74) is 0. The van der Waals surface area contributed by atoms with Gasteiger partial charge in [-0.3, -0.25) is 9.34 Å². The van der Waals surface area contributed by atoms with Crippen LogP contribution in [0.25, 0.3) is 0 Å². The normalized spacial score (nSPS) is 19.9. The molecule has 0 aromatic carbocycles. The molecule has 1 aliphatic heterocycles. The zero-order chi connectivity index (χ0) is 13.7. The van der Waals surface area contributed by atoms with Gasteiger partial charge in [0.2, 0.25) is 0 Å². The Morgan fingerprint density at radius 1 is 0.824 bits per heavy atom. The Kier molecular flexibility index (Phi) is 10.3. The molecule has 106 valence electrons. The van der Waals surface area contributed by atoms with E-state index in [1.807, 2.05) is 0 Å². The Balaban J connectivity index is 0.000000770. The second kappa shape index (κ2) is 8.88. The molecule has 0 aliphatic carbocycles. The van der Waals surface area contributed by atoms with Crippen molar-refractivity contribution in [2.45, 2.75) is 0 Å². The van der Waals surface area contributed by atoms with Crippen LogP contribution in [0.5, 0.6) is 0 Å². The summed E-state index contributed by atoms with van der Waals surface area (Å²) >= 11 is 5.30. The predicted octanol–water partition coefficient (Wildman–Crippen LogP) is 0.628. The summed E-state index contributed by atoms with van der Waals surface area (Å²) in [5.74, 6) is 0. The third-order valence-corrected chi connectivity index (χ3v) is 6.63. The minimum atomic E-state index is -1.02. The van der Waals surface area contributed by atoms with E-state index in [9.17, 15) is 0 Å². The van der Waals surface area contributed by atoms with Crippen molar-refractivity contribution in [1.82, 2.24) is 9.34 Å². The fraction of sp³-hybridized carbons (Fsp3) is 0.800. The molecule has 1 fully saturated rings. The summed E-state index contributed by atoms with van der Waals surface area (Å²) in [5, 5.41) is 0. The first-order chi connectivity index (χ1) is 7.62. The summed E-state index contributed by atoms with van der Waals surface area (Å²) in [7, 11) is -2.04. The van der Waals surface area contributed by atoms with Crippen LogP contribution in [0.3, 0.4) is 0 Å². The maximum absolute atomic E-state index is 4.29. The van der Waals surface area contributed by atoms with Crippen LogP contribution < -0.4 is 13.3 Å². The van der Waals surface area contributed by atoms with Crippen molar-refractivity contribution in [2.75, 3.05) is 52.8 Å². The third-order valence-electron chi connectivity index (χ3n) is 2.76. The molecule has 1 aliphatic rings. The Labute approximate surface area is 137 Å². The quantitative estimate of drug-likeness (QED) is 0.333. The molecule has 0 aromatic heterocycles. The van der Waals surface area contributed by atoms with Gasteiger partial charge in [0.25, 0.3) is 0 Å². The number of nitrogens with zero attached hydrogens (tertiary/aromatic N) is 2. The monoisotopic (exact) mass is 615 g/mol.